The van der Waals surface area contributed by atoms with Crippen molar-refractivity contribution in [2.75, 3.05) is 13.2 Å². The van der Waals surface area contributed by atoms with Crippen LogP contribution in [0.25, 0.3) is 0 Å². The fourth-order valence-electron chi connectivity index (χ4n) is 2.55. The molecule has 0 N–H and O–H groups in total. The summed E-state index contributed by atoms with van der Waals surface area (Å²) in [5, 5.41) is 0. The third-order valence-electron chi connectivity index (χ3n) is 3.69. The van der Waals surface area contributed by atoms with Crippen LogP contribution in [0.4, 0.5) is 0 Å². The van der Waals surface area contributed by atoms with Gasteiger partial charge in [0.05, 0.1) is 25.9 Å². The Hall–Kier alpha value is -1.43. The molecule has 23 heavy (non-hydrogen) atoms. The average Bonchev–Trinajstić information content (AvgIpc) is 2.88. The molecule has 0 saturated carbocycles. The van der Waals surface area contributed by atoms with Crippen LogP contribution in [0.2, 0.25) is 0 Å². The van der Waals surface area contributed by atoms with Gasteiger partial charge in [0.25, 0.3) is 0 Å². The van der Waals surface area contributed by atoms with Gasteiger partial charge in [-0.3, -0.25) is 4.79 Å². The zero-order valence-corrected chi connectivity index (χ0v) is 14.1. The third-order valence-corrected chi connectivity index (χ3v) is 3.69. The normalized spacial score (nSPS) is 21.1. The molecule has 0 spiro atoms. The maximum atomic E-state index is 11.6. The molecule has 1 fully saturated rings. The first-order valence-electron chi connectivity index (χ1n) is 8.13. The van der Waals surface area contributed by atoms with E-state index in [1.807, 2.05) is 44.2 Å². The molecule has 0 aliphatic carbocycles. The van der Waals surface area contributed by atoms with Crippen molar-refractivity contribution < 1.29 is 23.7 Å². The van der Waals surface area contributed by atoms with Crippen molar-refractivity contribution in [1.82, 2.24) is 0 Å². The lowest BCUT2D eigenvalue weighted by Crippen LogP contribution is -2.33. The number of carbonyl (C=O) groups excluding carboxylic acids is 1. The summed E-state index contributed by atoms with van der Waals surface area (Å²) in [5.74, 6) is -0.817. The number of rotatable bonds is 8. The summed E-state index contributed by atoms with van der Waals surface area (Å²) >= 11 is 0. The van der Waals surface area contributed by atoms with Crippen LogP contribution in [0.5, 0.6) is 0 Å². The molecule has 0 aromatic heterocycles. The van der Waals surface area contributed by atoms with Crippen molar-refractivity contribution in [3.8, 4) is 0 Å². The molecule has 1 aromatic carbocycles. The van der Waals surface area contributed by atoms with Crippen LogP contribution in [-0.2, 0) is 30.3 Å². The number of carbonyl (C=O) groups is 1. The molecule has 128 valence electrons. The van der Waals surface area contributed by atoms with E-state index in [2.05, 4.69) is 0 Å². The lowest BCUT2D eigenvalue weighted by atomic mass is 10.1. The van der Waals surface area contributed by atoms with E-state index in [1.54, 1.807) is 6.92 Å². The predicted molar refractivity (Wildman–Crippen MR) is 85.8 cm³/mol. The second-order valence-corrected chi connectivity index (χ2v) is 6.05. The minimum absolute atomic E-state index is 0.178. The van der Waals surface area contributed by atoms with Gasteiger partial charge < -0.3 is 18.9 Å². The summed E-state index contributed by atoms with van der Waals surface area (Å²) in [4.78, 5) is 11.6. The molecule has 1 aliphatic rings. The predicted octanol–water partition coefficient (Wildman–Crippen LogP) is 3.07. The smallest absolute Gasteiger partial charge is 0.305 e. The van der Waals surface area contributed by atoms with Gasteiger partial charge in [-0.15, -0.1) is 0 Å². The highest BCUT2D eigenvalue weighted by molar-refractivity contribution is 5.69. The first kappa shape index (κ1) is 17.9. The average molecular weight is 322 g/mol. The van der Waals surface area contributed by atoms with Gasteiger partial charge in [0.2, 0.25) is 0 Å². The van der Waals surface area contributed by atoms with Crippen LogP contribution in [-0.4, -0.2) is 37.2 Å². The van der Waals surface area contributed by atoms with Crippen molar-refractivity contribution in [3.63, 3.8) is 0 Å². The van der Waals surface area contributed by atoms with Gasteiger partial charge in [-0.25, -0.2) is 0 Å². The van der Waals surface area contributed by atoms with Crippen LogP contribution < -0.4 is 0 Å². The molecular formula is C18H26O5. The minimum Gasteiger partial charge on any atom is -0.466 e. The molecule has 1 saturated heterocycles. The lowest BCUT2D eigenvalue weighted by molar-refractivity contribution is -0.160. The number of benzene rings is 1. The lowest BCUT2D eigenvalue weighted by Gasteiger charge is -2.24. The van der Waals surface area contributed by atoms with Gasteiger partial charge in [-0.2, -0.15) is 0 Å². The standard InChI is InChI=1S/C18H26O5/c1-4-20-17(19)11-10-15(16-13-22-18(2,3)23-16)21-12-14-8-6-5-7-9-14/h5-9,15-16H,4,10-13H2,1-3H3/t15-,16-/m0/s1. The highest BCUT2D eigenvalue weighted by Gasteiger charge is 2.38. The molecule has 0 radical (unpaired) electrons. The van der Waals surface area contributed by atoms with Crippen LogP contribution in [0, 0.1) is 0 Å². The number of hydrogen-bond acceptors (Lipinski definition) is 5. The van der Waals surface area contributed by atoms with E-state index < -0.39 is 5.79 Å². The Labute approximate surface area is 137 Å². The molecule has 1 aliphatic heterocycles. The maximum Gasteiger partial charge on any atom is 0.305 e. The molecule has 0 bridgehead atoms. The quantitative estimate of drug-likeness (QED) is 0.689. The molecule has 1 aromatic rings. The van der Waals surface area contributed by atoms with E-state index in [0.29, 0.717) is 32.7 Å². The van der Waals surface area contributed by atoms with Crippen molar-refractivity contribution in [1.29, 1.82) is 0 Å². The molecule has 2 atom stereocenters. The van der Waals surface area contributed by atoms with Gasteiger partial charge in [-0.1, -0.05) is 30.3 Å². The summed E-state index contributed by atoms with van der Waals surface area (Å²) in [6, 6.07) is 9.95. The summed E-state index contributed by atoms with van der Waals surface area (Å²) in [6.45, 7) is 6.91. The van der Waals surface area contributed by atoms with Crippen LogP contribution in [0.1, 0.15) is 39.2 Å². The van der Waals surface area contributed by atoms with Gasteiger partial charge >= 0.3 is 5.97 Å². The van der Waals surface area contributed by atoms with Crippen molar-refractivity contribution in [3.05, 3.63) is 35.9 Å². The second kappa shape index (κ2) is 8.43. The number of esters is 1. The van der Waals surface area contributed by atoms with Gasteiger partial charge in [-0.05, 0) is 32.8 Å². The van der Waals surface area contributed by atoms with Crippen molar-refractivity contribution >= 4 is 5.97 Å². The van der Waals surface area contributed by atoms with Gasteiger partial charge in [0.15, 0.2) is 5.79 Å². The molecule has 0 amide bonds. The Balaban J connectivity index is 1.92. The second-order valence-electron chi connectivity index (χ2n) is 6.05. The fourth-order valence-corrected chi connectivity index (χ4v) is 2.55. The molecule has 1 heterocycles. The van der Waals surface area contributed by atoms with E-state index in [0.717, 1.165) is 5.56 Å². The fraction of sp³-hybridized carbons (Fsp3) is 0.611. The summed E-state index contributed by atoms with van der Waals surface area (Å²) < 4.78 is 22.5. The minimum atomic E-state index is -0.608. The van der Waals surface area contributed by atoms with Gasteiger partial charge in [0.1, 0.15) is 6.10 Å². The van der Waals surface area contributed by atoms with E-state index in [4.69, 9.17) is 18.9 Å². The molecular weight excluding hydrogens is 296 g/mol. The van der Waals surface area contributed by atoms with Gasteiger partial charge in [0, 0.05) is 6.42 Å². The molecule has 5 heteroatoms. The summed E-state index contributed by atoms with van der Waals surface area (Å²) in [6.07, 6.45) is 0.480. The Kier molecular flexibility index (Phi) is 6.57. The van der Waals surface area contributed by atoms with Crippen LogP contribution >= 0.6 is 0 Å². The topological polar surface area (TPSA) is 54.0 Å². The zero-order valence-electron chi connectivity index (χ0n) is 14.1. The monoisotopic (exact) mass is 322 g/mol. The Morgan fingerprint density at radius 1 is 1.35 bits per heavy atom. The molecule has 0 unspecified atom stereocenters. The first-order valence-corrected chi connectivity index (χ1v) is 8.13. The Morgan fingerprint density at radius 3 is 2.70 bits per heavy atom. The van der Waals surface area contributed by atoms with E-state index in [-0.39, 0.29) is 18.2 Å². The van der Waals surface area contributed by atoms with E-state index in [1.165, 1.54) is 0 Å². The number of ether oxygens (including phenoxy) is 4. The van der Waals surface area contributed by atoms with Crippen molar-refractivity contribution in [2.24, 2.45) is 0 Å². The van der Waals surface area contributed by atoms with Crippen LogP contribution in [0.15, 0.2) is 30.3 Å². The molecule has 5 nitrogen and oxygen atoms in total. The maximum absolute atomic E-state index is 11.6. The first-order chi connectivity index (χ1) is 11.0. The largest absolute Gasteiger partial charge is 0.466 e. The Bertz CT molecular complexity index is 485. The SMILES string of the molecule is CCOC(=O)CC[C@H](OCc1ccccc1)[C@@H]1COC(C)(C)O1. The highest BCUT2D eigenvalue weighted by Crippen LogP contribution is 2.27. The summed E-state index contributed by atoms with van der Waals surface area (Å²) in [7, 11) is 0. The molecule has 2 rings (SSSR count). The zero-order chi connectivity index (χ0) is 16.7. The van der Waals surface area contributed by atoms with E-state index >= 15 is 0 Å². The van der Waals surface area contributed by atoms with E-state index in [9.17, 15) is 4.79 Å². The summed E-state index contributed by atoms with van der Waals surface area (Å²) in [5.41, 5.74) is 1.09. The number of hydrogen-bond donors (Lipinski definition) is 0. The third kappa shape index (κ3) is 5.94. The van der Waals surface area contributed by atoms with Crippen LogP contribution in [0.3, 0.4) is 0 Å². The van der Waals surface area contributed by atoms with Crippen molar-refractivity contribution in [2.45, 2.75) is 58.2 Å². The highest BCUT2D eigenvalue weighted by atomic mass is 16.7. The Morgan fingerprint density at radius 2 is 2.09 bits per heavy atom.